The van der Waals surface area contributed by atoms with Gasteiger partial charge in [-0.1, -0.05) is 103 Å². The summed E-state index contributed by atoms with van der Waals surface area (Å²) < 4.78 is 12.5. The van der Waals surface area contributed by atoms with Gasteiger partial charge in [0.1, 0.15) is 22.3 Å². The largest absolute Gasteiger partial charge is 0.456 e. The average molecular weight is 602 g/mol. The standard InChI is InChI=1S/C44H27NO2/c1-2-10-29-25-31(19-17-28(29)9-1)45(32-20-21-38-36-13-5-7-15-41(36)47-44(38)27-32)40-23-22-33(34-11-3-4-12-35(34)40)30-18-24-43-39(26-30)37-14-6-8-16-42(37)46-43/h1-27H. The summed E-state index contributed by atoms with van der Waals surface area (Å²) in [5.74, 6) is 0. The molecule has 47 heavy (non-hydrogen) atoms. The van der Waals surface area contributed by atoms with Crippen molar-refractivity contribution >= 4 is 82.5 Å². The average Bonchev–Trinajstić information content (AvgIpc) is 3.69. The predicted molar refractivity (Wildman–Crippen MR) is 196 cm³/mol. The molecule has 0 aliphatic carbocycles. The fourth-order valence-corrected chi connectivity index (χ4v) is 7.22. The van der Waals surface area contributed by atoms with E-state index in [-0.39, 0.29) is 0 Å². The highest BCUT2D eigenvalue weighted by Gasteiger charge is 2.20. The number of anilines is 3. The third kappa shape index (κ3) is 4.07. The van der Waals surface area contributed by atoms with Crippen molar-refractivity contribution in [3.05, 3.63) is 164 Å². The summed E-state index contributed by atoms with van der Waals surface area (Å²) in [7, 11) is 0. The molecular weight excluding hydrogens is 574 g/mol. The molecule has 2 heterocycles. The van der Waals surface area contributed by atoms with E-state index in [9.17, 15) is 0 Å². The Hall–Kier alpha value is -6.32. The molecule has 0 aliphatic heterocycles. The molecule has 0 radical (unpaired) electrons. The van der Waals surface area contributed by atoms with Gasteiger partial charge in [-0.05, 0) is 81.9 Å². The molecule has 0 saturated heterocycles. The second-order valence-electron chi connectivity index (χ2n) is 12.1. The molecule has 2 aromatic heterocycles. The molecule has 0 spiro atoms. The Morgan fingerprint density at radius 1 is 0.340 bits per heavy atom. The van der Waals surface area contributed by atoms with E-state index in [4.69, 9.17) is 8.83 Å². The van der Waals surface area contributed by atoms with Gasteiger partial charge in [-0.2, -0.15) is 0 Å². The summed E-state index contributed by atoms with van der Waals surface area (Å²) in [4.78, 5) is 2.36. The molecule has 0 aliphatic rings. The van der Waals surface area contributed by atoms with Gasteiger partial charge in [0.2, 0.25) is 0 Å². The number of fused-ring (bicyclic) bond motifs is 8. The van der Waals surface area contributed by atoms with Crippen LogP contribution in [-0.2, 0) is 0 Å². The number of benzene rings is 8. The monoisotopic (exact) mass is 601 g/mol. The molecule has 8 aromatic carbocycles. The lowest BCUT2D eigenvalue weighted by Gasteiger charge is -2.28. The Bertz CT molecular complexity index is 2820. The van der Waals surface area contributed by atoms with E-state index in [0.717, 1.165) is 66.5 Å². The van der Waals surface area contributed by atoms with Crippen LogP contribution < -0.4 is 4.90 Å². The predicted octanol–water partition coefficient (Wildman–Crippen LogP) is 12.9. The summed E-state index contributed by atoms with van der Waals surface area (Å²) in [6, 6.07) is 58.0. The quantitative estimate of drug-likeness (QED) is 0.201. The number of rotatable bonds is 4. The van der Waals surface area contributed by atoms with Gasteiger partial charge in [0, 0.05) is 44.4 Å². The minimum absolute atomic E-state index is 0.871. The maximum absolute atomic E-state index is 6.37. The number of hydrogen-bond donors (Lipinski definition) is 0. The van der Waals surface area contributed by atoms with Crippen molar-refractivity contribution in [2.75, 3.05) is 4.90 Å². The zero-order valence-electron chi connectivity index (χ0n) is 25.4. The molecule has 10 rings (SSSR count). The number of furan rings is 2. The Morgan fingerprint density at radius 2 is 0.936 bits per heavy atom. The molecule has 0 bridgehead atoms. The van der Waals surface area contributed by atoms with Gasteiger partial charge in [-0.15, -0.1) is 0 Å². The van der Waals surface area contributed by atoms with Crippen molar-refractivity contribution in [1.29, 1.82) is 0 Å². The van der Waals surface area contributed by atoms with Crippen molar-refractivity contribution in [3.63, 3.8) is 0 Å². The van der Waals surface area contributed by atoms with Gasteiger partial charge in [0.25, 0.3) is 0 Å². The van der Waals surface area contributed by atoms with Crippen LogP contribution in [-0.4, -0.2) is 0 Å². The summed E-state index contributed by atoms with van der Waals surface area (Å²) in [5, 5.41) is 9.27. The van der Waals surface area contributed by atoms with Gasteiger partial charge in [0.15, 0.2) is 0 Å². The zero-order valence-corrected chi connectivity index (χ0v) is 25.4. The first-order valence-electron chi connectivity index (χ1n) is 15.9. The minimum atomic E-state index is 0.871. The van der Waals surface area contributed by atoms with Crippen LogP contribution in [0.3, 0.4) is 0 Å². The van der Waals surface area contributed by atoms with Crippen molar-refractivity contribution < 1.29 is 8.83 Å². The molecule has 0 unspecified atom stereocenters. The maximum Gasteiger partial charge on any atom is 0.137 e. The van der Waals surface area contributed by atoms with E-state index in [1.807, 2.05) is 24.3 Å². The molecule has 3 nitrogen and oxygen atoms in total. The van der Waals surface area contributed by atoms with E-state index < -0.39 is 0 Å². The highest BCUT2D eigenvalue weighted by atomic mass is 16.3. The van der Waals surface area contributed by atoms with Crippen LogP contribution in [0.1, 0.15) is 0 Å². The van der Waals surface area contributed by atoms with E-state index in [2.05, 4.69) is 144 Å². The highest BCUT2D eigenvalue weighted by molar-refractivity contribution is 6.11. The number of hydrogen-bond acceptors (Lipinski definition) is 3. The molecule has 10 aromatic rings. The van der Waals surface area contributed by atoms with Crippen molar-refractivity contribution in [2.45, 2.75) is 0 Å². The summed E-state index contributed by atoms with van der Waals surface area (Å²) in [6.07, 6.45) is 0. The summed E-state index contributed by atoms with van der Waals surface area (Å²) >= 11 is 0. The minimum Gasteiger partial charge on any atom is -0.456 e. The Labute approximate surface area is 270 Å². The molecule has 0 atom stereocenters. The lowest BCUT2D eigenvalue weighted by Crippen LogP contribution is -2.10. The Kier molecular flexibility index (Phi) is 5.57. The lowest BCUT2D eigenvalue weighted by atomic mass is 9.95. The van der Waals surface area contributed by atoms with Crippen LogP contribution in [0, 0.1) is 0 Å². The van der Waals surface area contributed by atoms with Gasteiger partial charge >= 0.3 is 0 Å². The van der Waals surface area contributed by atoms with Crippen LogP contribution in [0.15, 0.2) is 173 Å². The third-order valence-electron chi connectivity index (χ3n) is 9.44. The fourth-order valence-electron chi connectivity index (χ4n) is 7.22. The first-order chi connectivity index (χ1) is 23.3. The Morgan fingerprint density at radius 3 is 1.77 bits per heavy atom. The first kappa shape index (κ1) is 26.0. The summed E-state index contributed by atoms with van der Waals surface area (Å²) in [5.41, 5.74) is 9.15. The van der Waals surface area contributed by atoms with Crippen LogP contribution in [0.25, 0.3) is 76.5 Å². The van der Waals surface area contributed by atoms with E-state index in [1.54, 1.807) is 0 Å². The van der Waals surface area contributed by atoms with E-state index >= 15 is 0 Å². The van der Waals surface area contributed by atoms with Crippen LogP contribution in [0.5, 0.6) is 0 Å². The van der Waals surface area contributed by atoms with Gasteiger partial charge in [-0.3, -0.25) is 0 Å². The second-order valence-corrected chi connectivity index (χ2v) is 12.1. The normalized spacial score (nSPS) is 11.8. The van der Waals surface area contributed by atoms with Gasteiger partial charge in [-0.25, -0.2) is 0 Å². The second kappa shape index (κ2) is 10.1. The number of nitrogens with zero attached hydrogens (tertiary/aromatic N) is 1. The Balaban J connectivity index is 1.20. The molecule has 3 heteroatoms. The van der Waals surface area contributed by atoms with E-state index in [1.165, 1.54) is 27.1 Å². The SMILES string of the molecule is c1ccc2cc(N(c3ccc4c(c3)oc3ccccc34)c3ccc(-c4ccc5oc6ccccc6c5c4)c4ccccc34)ccc2c1. The smallest absolute Gasteiger partial charge is 0.137 e. The zero-order chi connectivity index (χ0) is 30.9. The topological polar surface area (TPSA) is 29.5 Å². The number of para-hydroxylation sites is 2. The first-order valence-corrected chi connectivity index (χ1v) is 15.9. The van der Waals surface area contributed by atoms with Crippen LogP contribution in [0.4, 0.5) is 17.1 Å². The molecule has 0 N–H and O–H groups in total. The van der Waals surface area contributed by atoms with Crippen molar-refractivity contribution in [1.82, 2.24) is 0 Å². The highest BCUT2D eigenvalue weighted by Crippen LogP contribution is 2.44. The molecular formula is C44H27NO2. The fraction of sp³-hybridized carbons (Fsp3) is 0. The lowest BCUT2D eigenvalue weighted by molar-refractivity contribution is 0.668. The summed E-state index contributed by atoms with van der Waals surface area (Å²) in [6.45, 7) is 0. The molecule has 0 saturated carbocycles. The molecule has 0 amide bonds. The van der Waals surface area contributed by atoms with Gasteiger partial charge < -0.3 is 13.7 Å². The maximum atomic E-state index is 6.37. The third-order valence-corrected chi connectivity index (χ3v) is 9.44. The van der Waals surface area contributed by atoms with E-state index in [0.29, 0.717) is 0 Å². The van der Waals surface area contributed by atoms with Crippen LogP contribution in [0.2, 0.25) is 0 Å². The van der Waals surface area contributed by atoms with Gasteiger partial charge in [0.05, 0.1) is 5.69 Å². The molecule has 220 valence electrons. The van der Waals surface area contributed by atoms with Crippen molar-refractivity contribution in [2.24, 2.45) is 0 Å². The van der Waals surface area contributed by atoms with Crippen LogP contribution >= 0.6 is 0 Å². The molecule has 0 fully saturated rings. The van der Waals surface area contributed by atoms with Crippen molar-refractivity contribution in [3.8, 4) is 11.1 Å².